The van der Waals surface area contributed by atoms with E-state index in [0.717, 1.165) is 5.56 Å². The van der Waals surface area contributed by atoms with Crippen molar-refractivity contribution in [2.75, 3.05) is 7.11 Å². The van der Waals surface area contributed by atoms with Gasteiger partial charge in [0.05, 0.1) is 7.11 Å². The van der Waals surface area contributed by atoms with Crippen LogP contribution in [0.25, 0.3) is 11.1 Å². The second-order valence-corrected chi connectivity index (χ2v) is 3.21. The molecular weight excluding hydrogens is 218 g/mol. The van der Waals surface area contributed by atoms with Crippen molar-refractivity contribution in [3.63, 3.8) is 0 Å². The van der Waals surface area contributed by atoms with Gasteiger partial charge in [-0.15, -0.1) is 11.6 Å². The molecule has 0 aliphatic carbocycles. The van der Waals surface area contributed by atoms with E-state index >= 15 is 0 Å². The summed E-state index contributed by atoms with van der Waals surface area (Å²) < 4.78 is 9.69. The summed E-state index contributed by atoms with van der Waals surface area (Å²) in [5.41, 5.74) is 2.08. The van der Waals surface area contributed by atoms with Crippen LogP contribution in [0.5, 0.6) is 0 Å². The number of halogens is 1. The van der Waals surface area contributed by atoms with E-state index in [2.05, 4.69) is 9.72 Å². The minimum Gasteiger partial charge on any atom is -0.462 e. The fourth-order valence-corrected chi connectivity index (χ4v) is 1.40. The van der Waals surface area contributed by atoms with Crippen LogP contribution >= 0.6 is 11.6 Å². The number of ether oxygens (including phenoxy) is 1. The van der Waals surface area contributed by atoms with Crippen LogP contribution in [-0.2, 0) is 10.6 Å². The topological polar surface area (TPSA) is 52.3 Å². The molecule has 0 N–H and O–H groups in total. The van der Waals surface area contributed by atoms with Crippen LogP contribution in [0, 0.1) is 0 Å². The summed E-state index contributed by atoms with van der Waals surface area (Å²) in [4.78, 5) is 15.1. The maximum Gasteiger partial charge on any atom is 0.394 e. The number of benzene rings is 1. The lowest BCUT2D eigenvalue weighted by atomic mass is 10.2. The lowest BCUT2D eigenvalue weighted by molar-refractivity contribution is 0.0559. The van der Waals surface area contributed by atoms with Gasteiger partial charge in [0.1, 0.15) is 5.52 Å². The Bertz CT molecular complexity index is 506. The van der Waals surface area contributed by atoms with E-state index in [0.29, 0.717) is 17.0 Å². The van der Waals surface area contributed by atoms with E-state index in [1.54, 1.807) is 12.1 Å². The van der Waals surface area contributed by atoms with Gasteiger partial charge < -0.3 is 9.15 Å². The second kappa shape index (κ2) is 3.90. The Labute approximate surface area is 90.8 Å². The number of hydrogen-bond acceptors (Lipinski definition) is 4. The number of aromatic nitrogens is 1. The Hall–Kier alpha value is -1.55. The molecule has 1 aromatic heterocycles. The number of carbonyl (C=O) groups is 1. The molecule has 1 heterocycles. The molecule has 0 radical (unpaired) electrons. The molecule has 0 bridgehead atoms. The molecule has 0 saturated heterocycles. The van der Waals surface area contributed by atoms with E-state index < -0.39 is 5.97 Å². The number of rotatable bonds is 2. The summed E-state index contributed by atoms with van der Waals surface area (Å²) in [5.74, 6) is -0.228. The Morgan fingerprint density at radius 1 is 1.60 bits per heavy atom. The predicted molar refractivity (Wildman–Crippen MR) is 54.9 cm³/mol. The number of hydrogen-bond donors (Lipinski definition) is 0. The zero-order valence-corrected chi connectivity index (χ0v) is 8.75. The van der Waals surface area contributed by atoms with Crippen LogP contribution in [0.1, 0.15) is 16.2 Å². The Balaban J connectivity index is 2.51. The first-order valence-corrected chi connectivity index (χ1v) is 4.82. The summed E-state index contributed by atoms with van der Waals surface area (Å²) in [6.07, 6.45) is 0. The molecule has 0 aliphatic heterocycles. The number of esters is 1. The van der Waals surface area contributed by atoms with E-state index in [1.165, 1.54) is 7.11 Å². The van der Waals surface area contributed by atoms with Crippen molar-refractivity contribution in [2.24, 2.45) is 0 Å². The number of methoxy groups -OCH3 is 1. The lowest BCUT2D eigenvalue weighted by Gasteiger charge is -1.91. The smallest absolute Gasteiger partial charge is 0.394 e. The fourth-order valence-electron chi connectivity index (χ4n) is 1.23. The number of carbonyl (C=O) groups excluding carboxylic acids is 1. The summed E-state index contributed by atoms with van der Waals surface area (Å²) in [6, 6.07) is 5.33. The van der Waals surface area contributed by atoms with Gasteiger partial charge in [0.2, 0.25) is 0 Å². The van der Waals surface area contributed by atoms with Gasteiger partial charge in [-0.1, -0.05) is 6.07 Å². The first-order valence-electron chi connectivity index (χ1n) is 4.28. The second-order valence-electron chi connectivity index (χ2n) is 2.95. The third-order valence-corrected chi connectivity index (χ3v) is 2.27. The minimum absolute atomic E-state index is 0.0424. The van der Waals surface area contributed by atoms with Gasteiger partial charge in [0, 0.05) is 5.88 Å². The van der Waals surface area contributed by atoms with Crippen molar-refractivity contribution in [2.45, 2.75) is 5.88 Å². The molecule has 2 aromatic rings. The largest absolute Gasteiger partial charge is 0.462 e. The van der Waals surface area contributed by atoms with Gasteiger partial charge >= 0.3 is 11.9 Å². The first-order chi connectivity index (χ1) is 7.24. The molecule has 15 heavy (non-hydrogen) atoms. The molecule has 4 nitrogen and oxygen atoms in total. The predicted octanol–water partition coefficient (Wildman–Crippen LogP) is 2.35. The molecule has 0 saturated carbocycles. The van der Waals surface area contributed by atoms with Gasteiger partial charge in [-0.05, 0) is 17.7 Å². The standard InChI is InChI=1S/C10H8ClNO3/c1-14-10(13)9-12-7-4-6(5-11)2-3-8(7)15-9/h2-4H,5H2,1H3. The number of alkyl halides is 1. The summed E-state index contributed by atoms with van der Waals surface area (Å²) in [5, 5.41) is 0. The van der Waals surface area contributed by atoms with Gasteiger partial charge in [-0.25, -0.2) is 9.78 Å². The highest BCUT2D eigenvalue weighted by atomic mass is 35.5. The Kier molecular flexibility index (Phi) is 2.60. The summed E-state index contributed by atoms with van der Waals surface area (Å²) in [6.45, 7) is 0. The van der Waals surface area contributed by atoms with Crippen molar-refractivity contribution in [1.29, 1.82) is 0 Å². The van der Waals surface area contributed by atoms with Gasteiger partial charge in [-0.3, -0.25) is 0 Å². The van der Waals surface area contributed by atoms with Gasteiger partial charge in [0.25, 0.3) is 0 Å². The number of oxazole rings is 1. The van der Waals surface area contributed by atoms with E-state index in [-0.39, 0.29) is 5.89 Å². The van der Waals surface area contributed by atoms with Crippen molar-refractivity contribution < 1.29 is 13.9 Å². The van der Waals surface area contributed by atoms with Crippen molar-refractivity contribution in [1.82, 2.24) is 4.98 Å². The maximum absolute atomic E-state index is 11.1. The Morgan fingerprint density at radius 2 is 2.40 bits per heavy atom. The van der Waals surface area contributed by atoms with E-state index in [1.807, 2.05) is 6.07 Å². The van der Waals surface area contributed by atoms with Crippen LogP contribution in [0.15, 0.2) is 22.6 Å². The van der Waals surface area contributed by atoms with Gasteiger partial charge in [0.15, 0.2) is 5.58 Å². The Morgan fingerprint density at radius 3 is 3.07 bits per heavy atom. The monoisotopic (exact) mass is 225 g/mol. The summed E-state index contributed by atoms with van der Waals surface area (Å²) in [7, 11) is 1.28. The third-order valence-electron chi connectivity index (χ3n) is 1.97. The average Bonchev–Trinajstić information content (AvgIpc) is 2.70. The SMILES string of the molecule is COC(=O)c1nc2cc(CCl)ccc2o1. The molecule has 0 fully saturated rings. The molecule has 0 atom stereocenters. The van der Waals surface area contributed by atoms with Crippen LogP contribution < -0.4 is 0 Å². The van der Waals surface area contributed by atoms with Crippen molar-refractivity contribution in [3.05, 3.63) is 29.7 Å². The first kappa shape index (κ1) is 9.98. The van der Waals surface area contributed by atoms with E-state index in [9.17, 15) is 4.79 Å². The molecule has 2 rings (SSSR count). The lowest BCUT2D eigenvalue weighted by Crippen LogP contribution is -2.00. The molecule has 0 amide bonds. The number of nitrogens with zero attached hydrogens (tertiary/aromatic N) is 1. The van der Waals surface area contributed by atoms with Crippen LogP contribution in [-0.4, -0.2) is 18.1 Å². The van der Waals surface area contributed by atoms with Crippen molar-refractivity contribution >= 4 is 28.7 Å². The van der Waals surface area contributed by atoms with Crippen LogP contribution in [0.2, 0.25) is 0 Å². The zero-order chi connectivity index (χ0) is 10.8. The molecule has 78 valence electrons. The molecule has 0 aliphatic rings. The minimum atomic E-state index is -0.585. The molecule has 1 aromatic carbocycles. The highest BCUT2D eigenvalue weighted by molar-refractivity contribution is 6.17. The number of fused-ring (bicyclic) bond motifs is 1. The molecule has 5 heteroatoms. The summed E-state index contributed by atoms with van der Waals surface area (Å²) >= 11 is 5.67. The molecular formula is C10H8ClNO3. The van der Waals surface area contributed by atoms with Crippen LogP contribution in [0.3, 0.4) is 0 Å². The zero-order valence-electron chi connectivity index (χ0n) is 7.99. The van der Waals surface area contributed by atoms with E-state index in [4.69, 9.17) is 16.0 Å². The third kappa shape index (κ3) is 1.80. The average molecular weight is 226 g/mol. The normalized spacial score (nSPS) is 10.5. The molecule has 0 unspecified atom stereocenters. The van der Waals surface area contributed by atoms with Crippen LogP contribution in [0.4, 0.5) is 0 Å². The molecule has 0 spiro atoms. The fraction of sp³-hybridized carbons (Fsp3) is 0.200. The quantitative estimate of drug-likeness (QED) is 0.582. The van der Waals surface area contributed by atoms with Crippen molar-refractivity contribution in [3.8, 4) is 0 Å². The maximum atomic E-state index is 11.1. The highest BCUT2D eigenvalue weighted by Gasteiger charge is 2.14. The van der Waals surface area contributed by atoms with Gasteiger partial charge in [-0.2, -0.15) is 0 Å². The highest BCUT2D eigenvalue weighted by Crippen LogP contribution is 2.18.